The summed E-state index contributed by atoms with van der Waals surface area (Å²) in [5.74, 6) is 1.67. The number of rotatable bonds is 8. The Bertz CT molecular complexity index is 615. The molecule has 1 aromatic rings. The summed E-state index contributed by atoms with van der Waals surface area (Å²) >= 11 is 0. The molecule has 0 aliphatic carbocycles. The molecule has 0 aromatic heterocycles. The lowest BCUT2D eigenvalue weighted by Gasteiger charge is -2.30. The number of anilines is 1. The van der Waals surface area contributed by atoms with E-state index in [4.69, 9.17) is 0 Å². The third-order valence-electron chi connectivity index (χ3n) is 4.83. The zero-order valence-electron chi connectivity index (χ0n) is 17.5. The summed E-state index contributed by atoms with van der Waals surface area (Å²) in [4.78, 5) is 18.4. The van der Waals surface area contributed by atoms with Crippen molar-refractivity contribution in [1.82, 2.24) is 15.5 Å². The number of aliphatic imine (C=N–C) groups is 1. The summed E-state index contributed by atoms with van der Waals surface area (Å²) in [6, 6.07) is 7.82. The second kappa shape index (κ2) is 13.8. The third-order valence-corrected chi connectivity index (χ3v) is 4.83. The Balaban J connectivity index is 0.00000392. The van der Waals surface area contributed by atoms with E-state index in [1.165, 1.54) is 32.9 Å². The van der Waals surface area contributed by atoms with Gasteiger partial charge in [-0.3, -0.25) is 4.79 Å². The summed E-state index contributed by atoms with van der Waals surface area (Å²) in [6.07, 6.45) is 3.78. The highest BCUT2D eigenvalue weighted by atomic mass is 127. The van der Waals surface area contributed by atoms with Gasteiger partial charge < -0.3 is 20.9 Å². The van der Waals surface area contributed by atoms with E-state index < -0.39 is 0 Å². The molecule has 0 spiro atoms. The van der Waals surface area contributed by atoms with Gasteiger partial charge in [-0.05, 0) is 69.4 Å². The van der Waals surface area contributed by atoms with Crippen molar-refractivity contribution in [2.24, 2.45) is 10.9 Å². The Kier molecular flexibility index (Phi) is 12.1. The molecule has 0 unspecified atom stereocenters. The first-order chi connectivity index (χ1) is 13.1. The van der Waals surface area contributed by atoms with Gasteiger partial charge in [-0.15, -0.1) is 24.0 Å². The molecule has 3 N–H and O–H groups in total. The molecule has 1 fully saturated rings. The van der Waals surface area contributed by atoms with Crippen molar-refractivity contribution in [3.63, 3.8) is 0 Å². The van der Waals surface area contributed by atoms with E-state index in [2.05, 4.69) is 39.7 Å². The van der Waals surface area contributed by atoms with Gasteiger partial charge in [0.15, 0.2) is 5.96 Å². The molecule has 0 radical (unpaired) electrons. The van der Waals surface area contributed by atoms with Crippen LogP contribution in [-0.4, -0.2) is 49.5 Å². The van der Waals surface area contributed by atoms with E-state index in [1.54, 1.807) is 0 Å². The Hall–Kier alpha value is -1.35. The summed E-state index contributed by atoms with van der Waals surface area (Å²) < 4.78 is 0. The molecule has 1 aromatic carbocycles. The molecule has 0 saturated carbocycles. The second-order valence-corrected chi connectivity index (χ2v) is 7.38. The molecule has 6 nitrogen and oxygen atoms in total. The number of piperidine rings is 1. The summed E-state index contributed by atoms with van der Waals surface area (Å²) in [7, 11) is 0. The zero-order valence-corrected chi connectivity index (χ0v) is 19.8. The van der Waals surface area contributed by atoms with Crippen LogP contribution < -0.4 is 16.0 Å². The lowest BCUT2D eigenvalue weighted by atomic mass is 9.99. The number of halogens is 1. The Morgan fingerprint density at radius 3 is 2.68 bits per heavy atom. The van der Waals surface area contributed by atoms with Crippen molar-refractivity contribution < 1.29 is 4.79 Å². The highest BCUT2D eigenvalue weighted by Gasteiger charge is 2.14. The predicted octanol–water partition coefficient (Wildman–Crippen LogP) is 3.44. The Morgan fingerprint density at radius 1 is 1.25 bits per heavy atom. The van der Waals surface area contributed by atoms with E-state index in [9.17, 15) is 4.79 Å². The smallest absolute Gasteiger partial charge is 0.221 e. The van der Waals surface area contributed by atoms with Crippen LogP contribution in [0, 0.1) is 5.92 Å². The van der Waals surface area contributed by atoms with Crippen molar-refractivity contribution in [2.75, 3.05) is 38.0 Å². The largest absolute Gasteiger partial charge is 0.357 e. The maximum absolute atomic E-state index is 11.2. The molecule has 158 valence electrons. The highest BCUT2D eigenvalue weighted by Crippen LogP contribution is 2.15. The minimum absolute atomic E-state index is 0. The average Bonchev–Trinajstić information content (AvgIpc) is 2.64. The first-order valence-corrected chi connectivity index (χ1v) is 10.2. The first kappa shape index (κ1) is 24.7. The fraction of sp³-hybridized carbons (Fsp3) is 0.619. The number of hydrogen-bond donors (Lipinski definition) is 3. The molecular formula is C21H36IN5O. The molecule has 1 aliphatic rings. The van der Waals surface area contributed by atoms with Gasteiger partial charge in [0.1, 0.15) is 0 Å². The van der Waals surface area contributed by atoms with Crippen LogP contribution in [0.3, 0.4) is 0 Å². The number of nitrogens with zero attached hydrogens (tertiary/aromatic N) is 2. The van der Waals surface area contributed by atoms with Crippen LogP contribution in [0.1, 0.15) is 45.6 Å². The maximum atomic E-state index is 11.2. The molecule has 0 bridgehead atoms. The lowest BCUT2D eigenvalue weighted by molar-refractivity contribution is -0.114. The summed E-state index contributed by atoms with van der Waals surface area (Å²) in [5.41, 5.74) is 1.88. The van der Waals surface area contributed by atoms with Crippen molar-refractivity contribution >= 4 is 41.5 Å². The van der Waals surface area contributed by atoms with E-state index >= 15 is 0 Å². The monoisotopic (exact) mass is 501 g/mol. The van der Waals surface area contributed by atoms with Gasteiger partial charge >= 0.3 is 0 Å². The van der Waals surface area contributed by atoms with Crippen LogP contribution in [0.4, 0.5) is 5.69 Å². The number of likely N-dealkylation sites (tertiary alicyclic amines) is 1. The fourth-order valence-electron chi connectivity index (χ4n) is 3.26. The number of guanidine groups is 1. The van der Waals surface area contributed by atoms with Gasteiger partial charge in [0, 0.05) is 25.7 Å². The molecule has 1 aliphatic heterocycles. The van der Waals surface area contributed by atoms with Gasteiger partial charge in [0.05, 0.1) is 6.54 Å². The average molecular weight is 501 g/mol. The van der Waals surface area contributed by atoms with Crippen LogP contribution in [0.25, 0.3) is 0 Å². The standard InChI is InChI=1S/C21H35N5O.HI/c1-4-22-21(23-11-6-12-26-13-9-17(2)10-14-26)24-16-19-7-5-8-20(15-19)25-18(3)27;/h5,7-8,15,17H,4,6,9-14,16H2,1-3H3,(H,25,27)(H2,22,23,24);1H. The van der Waals surface area contributed by atoms with Gasteiger partial charge in [0.25, 0.3) is 0 Å². The highest BCUT2D eigenvalue weighted by molar-refractivity contribution is 14.0. The molecule has 1 heterocycles. The second-order valence-electron chi connectivity index (χ2n) is 7.38. The number of benzene rings is 1. The quantitative estimate of drug-likeness (QED) is 0.221. The number of carbonyl (C=O) groups excluding carboxylic acids is 1. The number of amides is 1. The first-order valence-electron chi connectivity index (χ1n) is 10.2. The van der Waals surface area contributed by atoms with Crippen LogP contribution in [-0.2, 0) is 11.3 Å². The number of hydrogen-bond acceptors (Lipinski definition) is 3. The SMILES string of the molecule is CCNC(=NCc1cccc(NC(C)=O)c1)NCCCN1CCC(C)CC1.I. The normalized spacial score (nSPS) is 15.6. The molecular weight excluding hydrogens is 465 g/mol. The maximum Gasteiger partial charge on any atom is 0.221 e. The molecule has 2 rings (SSSR count). The van der Waals surface area contributed by atoms with Gasteiger partial charge in [-0.2, -0.15) is 0 Å². The predicted molar refractivity (Wildman–Crippen MR) is 128 cm³/mol. The van der Waals surface area contributed by atoms with E-state index in [-0.39, 0.29) is 29.9 Å². The Labute approximate surface area is 187 Å². The zero-order chi connectivity index (χ0) is 19.5. The van der Waals surface area contributed by atoms with Crippen LogP contribution in [0.5, 0.6) is 0 Å². The minimum atomic E-state index is -0.0613. The number of nitrogens with one attached hydrogen (secondary N) is 3. The molecule has 28 heavy (non-hydrogen) atoms. The van der Waals surface area contributed by atoms with Crippen molar-refractivity contribution in [3.05, 3.63) is 29.8 Å². The molecule has 1 amide bonds. The number of carbonyl (C=O) groups is 1. The minimum Gasteiger partial charge on any atom is -0.357 e. The fourth-order valence-corrected chi connectivity index (χ4v) is 3.26. The van der Waals surface area contributed by atoms with E-state index in [0.29, 0.717) is 6.54 Å². The van der Waals surface area contributed by atoms with Gasteiger partial charge in [-0.1, -0.05) is 19.1 Å². The van der Waals surface area contributed by atoms with Crippen LogP contribution >= 0.6 is 24.0 Å². The van der Waals surface area contributed by atoms with Crippen molar-refractivity contribution in [3.8, 4) is 0 Å². The van der Waals surface area contributed by atoms with E-state index in [0.717, 1.165) is 49.2 Å². The molecule has 0 atom stereocenters. The van der Waals surface area contributed by atoms with E-state index in [1.807, 2.05) is 24.3 Å². The topological polar surface area (TPSA) is 68.8 Å². The third kappa shape index (κ3) is 9.73. The van der Waals surface area contributed by atoms with Gasteiger partial charge in [-0.25, -0.2) is 4.99 Å². The van der Waals surface area contributed by atoms with Crippen molar-refractivity contribution in [2.45, 2.75) is 46.6 Å². The summed E-state index contributed by atoms with van der Waals surface area (Å²) in [5, 5.41) is 9.54. The van der Waals surface area contributed by atoms with Crippen LogP contribution in [0.15, 0.2) is 29.3 Å². The van der Waals surface area contributed by atoms with Gasteiger partial charge in [0.2, 0.25) is 5.91 Å². The molecule has 7 heteroatoms. The Morgan fingerprint density at radius 2 is 2.00 bits per heavy atom. The summed E-state index contributed by atoms with van der Waals surface area (Å²) in [6.45, 7) is 11.9. The lowest BCUT2D eigenvalue weighted by Crippen LogP contribution is -2.39. The molecule has 1 saturated heterocycles. The van der Waals surface area contributed by atoms with Crippen LogP contribution in [0.2, 0.25) is 0 Å². The van der Waals surface area contributed by atoms with Crippen molar-refractivity contribution in [1.29, 1.82) is 0 Å².